The zero-order valence-electron chi connectivity index (χ0n) is 34.2. The lowest BCUT2D eigenvalue weighted by Gasteiger charge is -2.21. The summed E-state index contributed by atoms with van der Waals surface area (Å²) in [7, 11) is 0. The number of rotatable bonds is 7. The van der Waals surface area contributed by atoms with Gasteiger partial charge in [-0.3, -0.25) is 0 Å². The van der Waals surface area contributed by atoms with Crippen LogP contribution in [0.4, 0.5) is 0 Å². The Morgan fingerprint density at radius 1 is 0.279 bits per heavy atom. The molecule has 1 aliphatic rings. The first-order chi connectivity index (χ1) is 30.0. The van der Waals surface area contributed by atoms with Crippen LogP contribution >= 0.6 is 0 Å². The van der Waals surface area contributed by atoms with Gasteiger partial charge >= 0.3 is 0 Å². The van der Waals surface area contributed by atoms with Crippen molar-refractivity contribution in [1.29, 1.82) is 0 Å². The molecule has 1 heterocycles. The van der Waals surface area contributed by atoms with E-state index in [-0.39, 0.29) is 5.41 Å². The Morgan fingerprint density at radius 3 is 1.51 bits per heavy atom. The molecule has 2 heteroatoms. The highest BCUT2D eigenvalue weighted by Crippen LogP contribution is 2.50. The van der Waals surface area contributed by atoms with Crippen molar-refractivity contribution in [3.63, 3.8) is 0 Å². The number of hydrogen-bond donors (Lipinski definition) is 0. The van der Waals surface area contributed by atoms with Crippen molar-refractivity contribution >= 4 is 10.8 Å². The Morgan fingerprint density at radius 2 is 0.770 bits per heavy atom. The first-order valence-electron chi connectivity index (χ1n) is 21.1. The van der Waals surface area contributed by atoms with Gasteiger partial charge in [-0.05, 0) is 114 Å². The minimum absolute atomic E-state index is 0.0199. The number of nitrogens with zero attached hydrogens (tertiary/aromatic N) is 2. The normalized spacial score (nSPS) is 12.6. The van der Waals surface area contributed by atoms with Gasteiger partial charge in [-0.15, -0.1) is 0 Å². The van der Waals surface area contributed by atoms with Gasteiger partial charge in [-0.1, -0.05) is 196 Å². The molecule has 2 nitrogen and oxygen atoms in total. The summed E-state index contributed by atoms with van der Waals surface area (Å²) in [6, 6.07) is 78.7. The van der Waals surface area contributed by atoms with E-state index in [0.29, 0.717) is 5.82 Å². The quantitative estimate of drug-likeness (QED) is 0.161. The summed E-state index contributed by atoms with van der Waals surface area (Å²) in [5, 5.41) is 2.32. The van der Waals surface area contributed by atoms with E-state index in [1.54, 1.807) is 0 Å². The minimum atomic E-state index is -0.0199. The summed E-state index contributed by atoms with van der Waals surface area (Å²) in [6.45, 7) is 4.68. The molecule has 0 saturated carbocycles. The summed E-state index contributed by atoms with van der Waals surface area (Å²) in [6.07, 6.45) is 0. The molecule has 288 valence electrons. The summed E-state index contributed by atoms with van der Waals surface area (Å²) in [4.78, 5) is 10.3. The Labute approximate surface area is 357 Å². The molecule has 0 unspecified atom stereocenters. The van der Waals surface area contributed by atoms with Crippen molar-refractivity contribution < 1.29 is 0 Å². The van der Waals surface area contributed by atoms with Gasteiger partial charge in [-0.2, -0.15) is 0 Å². The average molecular weight is 779 g/mol. The van der Waals surface area contributed by atoms with E-state index in [1.807, 2.05) is 24.3 Å². The van der Waals surface area contributed by atoms with E-state index in [4.69, 9.17) is 9.97 Å². The second-order valence-corrected chi connectivity index (χ2v) is 16.6. The van der Waals surface area contributed by atoms with Gasteiger partial charge in [0.15, 0.2) is 5.82 Å². The Bertz CT molecular complexity index is 3200. The Balaban J connectivity index is 1.05. The molecule has 1 aliphatic carbocycles. The zero-order valence-corrected chi connectivity index (χ0v) is 34.2. The van der Waals surface area contributed by atoms with Crippen LogP contribution in [0.2, 0.25) is 0 Å². The van der Waals surface area contributed by atoms with E-state index < -0.39 is 0 Å². The summed E-state index contributed by atoms with van der Waals surface area (Å²) < 4.78 is 0. The third kappa shape index (κ3) is 6.54. The second-order valence-electron chi connectivity index (χ2n) is 16.6. The fourth-order valence-corrected chi connectivity index (χ4v) is 9.36. The lowest BCUT2D eigenvalue weighted by atomic mass is 9.82. The van der Waals surface area contributed by atoms with E-state index in [1.165, 1.54) is 72.1 Å². The van der Waals surface area contributed by atoms with Crippen molar-refractivity contribution in [2.24, 2.45) is 0 Å². The van der Waals surface area contributed by atoms with Crippen LogP contribution in [0, 0.1) is 0 Å². The third-order valence-corrected chi connectivity index (χ3v) is 12.5. The molecule has 1 aromatic heterocycles. The molecule has 0 bridgehead atoms. The highest BCUT2D eigenvalue weighted by molar-refractivity contribution is 6.05. The van der Waals surface area contributed by atoms with Crippen LogP contribution in [0.25, 0.3) is 100 Å². The van der Waals surface area contributed by atoms with Crippen LogP contribution in [0.3, 0.4) is 0 Å². The van der Waals surface area contributed by atoms with Crippen molar-refractivity contribution in [3.05, 3.63) is 230 Å². The highest BCUT2D eigenvalue weighted by Gasteiger charge is 2.35. The van der Waals surface area contributed by atoms with Crippen molar-refractivity contribution in [2.75, 3.05) is 0 Å². The van der Waals surface area contributed by atoms with E-state index in [9.17, 15) is 0 Å². The third-order valence-electron chi connectivity index (χ3n) is 12.5. The van der Waals surface area contributed by atoms with Crippen LogP contribution in [-0.4, -0.2) is 9.97 Å². The lowest BCUT2D eigenvalue weighted by molar-refractivity contribution is 0.660. The SMILES string of the molecule is CC1(C)c2ccccc2-c2cc(-c3cccc(-c4cc(-c5ccccc5)cc(-c5ccc(-c6cc(-c7ccccc7)nc(-c7ccccc7)n6)c6ccccc56)c4)c3)ccc21. The summed E-state index contributed by atoms with van der Waals surface area (Å²) >= 11 is 0. The summed E-state index contributed by atoms with van der Waals surface area (Å²) in [5.74, 6) is 0.709. The standard InChI is InChI=1S/C59H42N2/c1-59(2)54-28-15-14-27-51(54)53-37-44(29-32-55(53)59)42-23-16-24-43(33-42)46-34-45(39-17-6-3-7-18-39)35-47(36-46)48-30-31-52(50-26-13-12-25-49(48)50)57-38-56(40-19-8-4-9-20-40)60-58(61-57)41-21-10-5-11-22-41/h3-38H,1-2H3. The van der Waals surface area contributed by atoms with Gasteiger partial charge in [0.2, 0.25) is 0 Å². The smallest absolute Gasteiger partial charge is 0.160 e. The predicted molar refractivity (Wildman–Crippen MR) is 255 cm³/mol. The van der Waals surface area contributed by atoms with Crippen molar-refractivity contribution in [3.8, 4) is 89.5 Å². The van der Waals surface area contributed by atoms with Crippen LogP contribution < -0.4 is 0 Å². The highest BCUT2D eigenvalue weighted by atomic mass is 14.9. The molecule has 0 aliphatic heterocycles. The fraction of sp³-hybridized carbons (Fsp3) is 0.0508. The molecule has 0 amide bonds. The Hall–Kier alpha value is -7.68. The fourth-order valence-electron chi connectivity index (χ4n) is 9.36. The maximum absolute atomic E-state index is 5.22. The van der Waals surface area contributed by atoms with Gasteiger partial charge < -0.3 is 0 Å². The van der Waals surface area contributed by atoms with Gasteiger partial charge in [0.1, 0.15) is 0 Å². The van der Waals surface area contributed by atoms with Gasteiger partial charge in [0.25, 0.3) is 0 Å². The molecule has 0 atom stereocenters. The molecule has 0 fully saturated rings. The van der Waals surface area contributed by atoms with Crippen LogP contribution in [0.5, 0.6) is 0 Å². The van der Waals surface area contributed by atoms with Crippen molar-refractivity contribution in [2.45, 2.75) is 19.3 Å². The maximum atomic E-state index is 5.22. The van der Waals surface area contributed by atoms with E-state index in [0.717, 1.165) is 33.5 Å². The predicted octanol–water partition coefficient (Wildman–Crippen LogP) is 15.6. The molecule has 0 radical (unpaired) electrons. The number of benzene rings is 9. The molecule has 61 heavy (non-hydrogen) atoms. The molecule has 11 rings (SSSR count). The number of fused-ring (bicyclic) bond motifs is 4. The zero-order chi connectivity index (χ0) is 40.9. The van der Waals surface area contributed by atoms with E-state index in [2.05, 4.69) is 208 Å². The van der Waals surface area contributed by atoms with Crippen molar-refractivity contribution in [1.82, 2.24) is 9.97 Å². The van der Waals surface area contributed by atoms with Gasteiger partial charge in [-0.25, -0.2) is 9.97 Å². The first kappa shape index (κ1) is 36.4. The van der Waals surface area contributed by atoms with E-state index >= 15 is 0 Å². The first-order valence-corrected chi connectivity index (χ1v) is 21.1. The molecule has 0 N–H and O–H groups in total. The number of hydrogen-bond acceptors (Lipinski definition) is 2. The summed E-state index contributed by atoms with van der Waals surface area (Å²) in [5.41, 5.74) is 19.8. The molecular formula is C59H42N2. The average Bonchev–Trinajstić information content (AvgIpc) is 3.56. The molecule has 0 spiro atoms. The molecule has 10 aromatic rings. The maximum Gasteiger partial charge on any atom is 0.160 e. The lowest BCUT2D eigenvalue weighted by Crippen LogP contribution is -2.14. The molecular weight excluding hydrogens is 737 g/mol. The topological polar surface area (TPSA) is 25.8 Å². The molecule has 9 aromatic carbocycles. The second kappa shape index (κ2) is 14.9. The van der Waals surface area contributed by atoms with Crippen LogP contribution in [-0.2, 0) is 5.41 Å². The largest absolute Gasteiger partial charge is 0.228 e. The number of aromatic nitrogens is 2. The monoisotopic (exact) mass is 778 g/mol. The van der Waals surface area contributed by atoms with Crippen LogP contribution in [0.1, 0.15) is 25.0 Å². The minimum Gasteiger partial charge on any atom is -0.228 e. The van der Waals surface area contributed by atoms with Gasteiger partial charge in [0, 0.05) is 22.1 Å². The van der Waals surface area contributed by atoms with Gasteiger partial charge in [0.05, 0.1) is 11.4 Å². The van der Waals surface area contributed by atoms with Crippen LogP contribution in [0.15, 0.2) is 218 Å². The Kier molecular flexibility index (Phi) is 8.86. The molecule has 0 saturated heterocycles.